The number of carboxylic acids is 1. The largest absolute Gasteiger partial charge is 0.478 e. The van der Waals surface area contributed by atoms with Crippen LogP contribution in [0.1, 0.15) is 39.0 Å². The summed E-state index contributed by atoms with van der Waals surface area (Å²) >= 11 is 0. The summed E-state index contributed by atoms with van der Waals surface area (Å²) in [4.78, 5) is 22.6. The van der Waals surface area contributed by atoms with E-state index in [1.54, 1.807) is 30.3 Å². The number of unbranched alkanes of at least 4 members (excludes halogenated alkanes) is 3. The minimum absolute atomic E-state index is 0.195. The lowest BCUT2D eigenvalue weighted by Crippen LogP contribution is -2.46. The molecule has 1 aromatic rings. The average Bonchev–Trinajstić information content (AvgIpc) is 2.43. The molecule has 1 N–H and O–H groups in total. The molecule has 0 radical (unpaired) electrons. The van der Waals surface area contributed by atoms with Gasteiger partial charge < -0.3 is 9.84 Å². The quantitative estimate of drug-likeness (QED) is 0.423. The van der Waals surface area contributed by atoms with Crippen LogP contribution >= 0.6 is 0 Å². The molecular weight excluding hydrogens is 244 g/mol. The molecular formula is C15H20O4. The second kappa shape index (κ2) is 7.56. The maximum Gasteiger partial charge on any atom is 0.355 e. The molecule has 1 unspecified atom stereocenters. The Labute approximate surface area is 113 Å². The predicted molar refractivity (Wildman–Crippen MR) is 72.3 cm³/mol. The highest BCUT2D eigenvalue weighted by Crippen LogP contribution is 2.23. The van der Waals surface area contributed by atoms with Gasteiger partial charge in [0.25, 0.3) is 5.60 Å². The van der Waals surface area contributed by atoms with Crippen molar-refractivity contribution >= 4 is 12.3 Å². The van der Waals surface area contributed by atoms with E-state index in [-0.39, 0.29) is 6.42 Å². The number of para-hydroxylation sites is 1. The van der Waals surface area contributed by atoms with Gasteiger partial charge in [0.1, 0.15) is 5.75 Å². The lowest BCUT2D eigenvalue weighted by molar-refractivity contribution is -0.158. The highest BCUT2D eigenvalue weighted by atomic mass is 16.5. The smallest absolute Gasteiger partial charge is 0.355 e. The summed E-state index contributed by atoms with van der Waals surface area (Å²) in [6.07, 6.45) is 4.23. The minimum Gasteiger partial charge on any atom is -0.478 e. The SMILES string of the molecule is CCCCCCC(C=O)(Oc1ccccc1)C(=O)O. The maximum atomic E-state index is 11.4. The second-order valence-electron chi connectivity index (χ2n) is 4.54. The molecule has 104 valence electrons. The lowest BCUT2D eigenvalue weighted by Gasteiger charge is -2.24. The van der Waals surface area contributed by atoms with Crippen LogP contribution in [0.3, 0.4) is 0 Å². The van der Waals surface area contributed by atoms with Crippen molar-refractivity contribution in [2.45, 2.75) is 44.6 Å². The fourth-order valence-corrected chi connectivity index (χ4v) is 1.85. The molecule has 0 heterocycles. The first kappa shape index (κ1) is 15.2. The van der Waals surface area contributed by atoms with Crippen LogP contribution in [-0.4, -0.2) is 23.0 Å². The summed E-state index contributed by atoms with van der Waals surface area (Å²) in [6.45, 7) is 2.07. The number of carbonyl (C=O) groups excluding carboxylic acids is 1. The maximum absolute atomic E-state index is 11.4. The van der Waals surface area contributed by atoms with E-state index in [4.69, 9.17) is 4.74 Å². The predicted octanol–water partition coefficient (Wildman–Crippen LogP) is 3.06. The number of carbonyl (C=O) groups is 2. The molecule has 1 atom stereocenters. The lowest BCUT2D eigenvalue weighted by atomic mass is 9.97. The van der Waals surface area contributed by atoms with Crippen LogP contribution in [0, 0.1) is 0 Å². The van der Waals surface area contributed by atoms with Gasteiger partial charge in [0, 0.05) is 6.42 Å². The van der Waals surface area contributed by atoms with Gasteiger partial charge in [-0.15, -0.1) is 0 Å². The Bertz CT molecular complexity index is 402. The van der Waals surface area contributed by atoms with Crippen LogP contribution in [0.15, 0.2) is 30.3 Å². The van der Waals surface area contributed by atoms with Crippen molar-refractivity contribution in [2.75, 3.05) is 0 Å². The van der Waals surface area contributed by atoms with Crippen molar-refractivity contribution in [3.8, 4) is 5.75 Å². The van der Waals surface area contributed by atoms with Crippen molar-refractivity contribution in [3.05, 3.63) is 30.3 Å². The van der Waals surface area contributed by atoms with E-state index >= 15 is 0 Å². The average molecular weight is 264 g/mol. The van der Waals surface area contributed by atoms with E-state index in [1.807, 2.05) is 0 Å². The Morgan fingerprint density at radius 3 is 2.47 bits per heavy atom. The molecule has 0 aliphatic carbocycles. The summed E-state index contributed by atoms with van der Waals surface area (Å²) in [5.74, 6) is -0.838. The number of hydrogen-bond acceptors (Lipinski definition) is 3. The summed E-state index contributed by atoms with van der Waals surface area (Å²) in [6, 6.07) is 8.57. The molecule has 4 nitrogen and oxygen atoms in total. The summed E-state index contributed by atoms with van der Waals surface area (Å²) in [5, 5.41) is 9.29. The Morgan fingerprint density at radius 1 is 1.26 bits per heavy atom. The van der Waals surface area contributed by atoms with Gasteiger partial charge in [-0.05, 0) is 18.6 Å². The zero-order valence-corrected chi connectivity index (χ0v) is 11.2. The number of hydrogen-bond donors (Lipinski definition) is 1. The Hall–Kier alpha value is -1.84. The van der Waals surface area contributed by atoms with Gasteiger partial charge in [0.2, 0.25) is 0 Å². The van der Waals surface area contributed by atoms with Crippen molar-refractivity contribution < 1.29 is 19.4 Å². The van der Waals surface area contributed by atoms with Crippen LogP contribution in [0.5, 0.6) is 5.75 Å². The molecule has 1 rings (SSSR count). The van der Waals surface area contributed by atoms with Crippen LogP contribution in [0.2, 0.25) is 0 Å². The summed E-state index contributed by atoms with van der Waals surface area (Å²) in [5.41, 5.74) is -1.77. The zero-order chi connectivity index (χ0) is 14.1. The molecule has 4 heteroatoms. The van der Waals surface area contributed by atoms with Gasteiger partial charge >= 0.3 is 5.97 Å². The molecule has 0 aliphatic heterocycles. The number of benzene rings is 1. The fourth-order valence-electron chi connectivity index (χ4n) is 1.85. The molecule has 0 saturated heterocycles. The molecule has 1 aromatic carbocycles. The van der Waals surface area contributed by atoms with E-state index in [0.29, 0.717) is 18.5 Å². The molecule has 0 fully saturated rings. The van der Waals surface area contributed by atoms with E-state index in [2.05, 4.69) is 6.92 Å². The van der Waals surface area contributed by atoms with E-state index < -0.39 is 11.6 Å². The minimum atomic E-state index is -1.77. The topological polar surface area (TPSA) is 63.6 Å². The first-order chi connectivity index (χ1) is 9.14. The Kier molecular flexibility index (Phi) is 6.06. The highest BCUT2D eigenvalue weighted by Gasteiger charge is 2.40. The molecule has 0 aliphatic rings. The molecule has 0 spiro atoms. The molecule has 0 bridgehead atoms. The van der Waals surface area contributed by atoms with Crippen molar-refractivity contribution in [2.24, 2.45) is 0 Å². The zero-order valence-electron chi connectivity index (χ0n) is 11.2. The second-order valence-corrected chi connectivity index (χ2v) is 4.54. The van der Waals surface area contributed by atoms with E-state index in [9.17, 15) is 14.7 Å². The van der Waals surface area contributed by atoms with Crippen LogP contribution in [-0.2, 0) is 9.59 Å². The number of aliphatic carboxylic acids is 1. The number of ether oxygens (including phenoxy) is 1. The first-order valence-corrected chi connectivity index (χ1v) is 6.58. The fraction of sp³-hybridized carbons (Fsp3) is 0.467. The summed E-state index contributed by atoms with van der Waals surface area (Å²) < 4.78 is 5.43. The van der Waals surface area contributed by atoms with Crippen LogP contribution in [0.25, 0.3) is 0 Å². The van der Waals surface area contributed by atoms with Gasteiger partial charge in [0.05, 0.1) is 0 Å². The van der Waals surface area contributed by atoms with Crippen molar-refractivity contribution in [1.82, 2.24) is 0 Å². The van der Waals surface area contributed by atoms with Gasteiger partial charge in [-0.25, -0.2) is 4.79 Å². The van der Waals surface area contributed by atoms with Gasteiger partial charge in [0.15, 0.2) is 6.29 Å². The molecule has 0 saturated carbocycles. The standard InChI is InChI=1S/C15H20O4/c1-2-3-4-8-11-15(12-16,14(17)18)19-13-9-6-5-7-10-13/h5-7,9-10,12H,2-4,8,11H2,1H3,(H,17,18). The van der Waals surface area contributed by atoms with Gasteiger partial charge in [-0.3, -0.25) is 4.79 Å². The van der Waals surface area contributed by atoms with E-state index in [0.717, 1.165) is 19.3 Å². The molecule has 19 heavy (non-hydrogen) atoms. The first-order valence-electron chi connectivity index (χ1n) is 6.58. The highest BCUT2D eigenvalue weighted by molar-refractivity contribution is 5.96. The monoisotopic (exact) mass is 264 g/mol. The van der Waals surface area contributed by atoms with Crippen molar-refractivity contribution in [1.29, 1.82) is 0 Å². The third-order valence-corrected chi connectivity index (χ3v) is 3.00. The van der Waals surface area contributed by atoms with E-state index in [1.165, 1.54) is 0 Å². The molecule has 0 aromatic heterocycles. The molecule has 0 amide bonds. The third kappa shape index (κ3) is 4.39. The third-order valence-electron chi connectivity index (χ3n) is 3.00. The number of rotatable bonds is 9. The van der Waals surface area contributed by atoms with Gasteiger partial charge in [-0.1, -0.05) is 44.4 Å². The summed E-state index contributed by atoms with van der Waals surface area (Å²) in [7, 11) is 0. The van der Waals surface area contributed by atoms with Crippen LogP contribution < -0.4 is 4.74 Å². The Morgan fingerprint density at radius 2 is 1.95 bits per heavy atom. The van der Waals surface area contributed by atoms with Gasteiger partial charge in [-0.2, -0.15) is 0 Å². The Balaban J connectivity index is 2.75. The van der Waals surface area contributed by atoms with Crippen LogP contribution in [0.4, 0.5) is 0 Å². The number of aldehydes is 1. The van der Waals surface area contributed by atoms with Crippen molar-refractivity contribution in [3.63, 3.8) is 0 Å². The normalized spacial score (nSPS) is 13.5. The number of carboxylic acid groups (broad SMARTS) is 1.